The van der Waals surface area contributed by atoms with Gasteiger partial charge >= 0.3 is 0 Å². The van der Waals surface area contributed by atoms with E-state index in [0.717, 1.165) is 49.3 Å². The zero-order valence-electron chi connectivity index (χ0n) is 23.7. The Hall–Kier alpha value is -4.32. The molecule has 1 aromatic heterocycles. The van der Waals surface area contributed by atoms with Gasteiger partial charge in [0.05, 0.1) is 25.6 Å². The Kier molecular flexibility index (Phi) is 9.33. The second-order valence-electron chi connectivity index (χ2n) is 10.1. The molecule has 1 atom stereocenters. The normalized spacial score (nSPS) is 14.1. The van der Waals surface area contributed by atoms with Gasteiger partial charge in [-0.2, -0.15) is 4.37 Å². The average molecular weight is 581 g/mol. The van der Waals surface area contributed by atoms with Crippen LogP contribution in [0, 0.1) is 0 Å². The van der Waals surface area contributed by atoms with E-state index in [9.17, 15) is 14.4 Å². The Balaban J connectivity index is 1.93. The minimum absolute atomic E-state index is 0.0149. The second-order valence-corrected chi connectivity index (χ2v) is 10.9. The quantitative estimate of drug-likeness (QED) is 0.328. The summed E-state index contributed by atoms with van der Waals surface area (Å²) in [5, 5.41) is 3.18. The van der Waals surface area contributed by atoms with Crippen molar-refractivity contribution in [3.63, 3.8) is 0 Å². The van der Waals surface area contributed by atoms with Crippen molar-refractivity contribution in [1.82, 2.24) is 9.69 Å². The summed E-state index contributed by atoms with van der Waals surface area (Å²) in [7, 11) is 6.82. The Morgan fingerprint density at radius 3 is 2.27 bits per heavy atom. The van der Waals surface area contributed by atoms with Crippen molar-refractivity contribution in [3.8, 4) is 11.5 Å². The molecule has 1 aliphatic carbocycles. The van der Waals surface area contributed by atoms with Crippen molar-refractivity contribution in [2.45, 2.75) is 44.2 Å². The number of hydrogen-bond donors (Lipinski definition) is 3. The first-order chi connectivity index (χ1) is 19.7. The predicted molar refractivity (Wildman–Crippen MR) is 160 cm³/mol. The highest BCUT2D eigenvalue weighted by Crippen LogP contribution is 2.40. The highest BCUT2D eigenvalue weighted by atomic mass is 32.1. The van der Waals surface area contributed by atoms with Gasteiger partial charge in [-0.15, -0.1) is 0 Å². The largest absolute Gasteiger partial charge is 0.497 e. The highest BCUT2D eigenvalue weighted by Gasteiger charge is 2.38. The third-order valence-corrected chi connectivity index (χ3v) is 8.05. The number of amides is 3. The second kappa shape index (κ2) is 12.9. The molecule has 0 radical (unpaired) electrons. The molecule has 0 saturated heterocycles. The van der Waals surface area contributed by atoms with Crippen LogP contribution in [0.1, 0.15) is 63.9 Å². The van der Waals surface area contributed by atoms with E-state index in [1.807, 2.05) is 43.3 Å². The molecule has 5 N–H and O–H groups in total. The Morgan fingerprint density at radius 2 is 1.71 bits per heavy atom. The van der Waals surface area contributed by atoms with Crippen LogP contribution in [0.4, 0.5) is 17.1 Å². The number of rotatable bonds is 10. The maximum Gasteiger partial charge on any atom is 0.273 e. The van der Waals surface area contributed by atoms with Gasteiger partial charge in [0.2, 0.25) is 5.91 Å². The van der Waals surface area contributed by atoms with Gasteiger partial charge in [0, 0.05) is 31.9 Å². The van der Waals surface area contributed by atoms with E-state index in [4.69, 9.17) is 20.9 Å². The zero-order valence-corrected chi connectivity index (χ0v) is 24.5. The van der Waals surface area contributed by atoms with E-state index in [2.05, 4.69) is 9.69 Å². The lowest BCUT2D eigenvalue weighted by atomic mass is 9.94. The van der Waals surface area contributed by atoms with Crippen molar-refractivity contribution < 1.29 is 23.9 Å². The summed E-state index contributed by atoms with van der Waals surface area (Å²) in [6.45, 7) is 0. The number of aromatic nitrogens is 1. The molecule has 3 amide bonds. The summed E-state index contributed by atoms with van der Waals surface area (Å²) in [6.07, 6.45) is 4.89. The molecule has 0 bridgehead atoms. The number of ether oxygens (including phenoxy) is 2. The van der Waals surface area contributed by atoms with Crippen LogP contribution in [-0.2, 0) is 4.79 Å². The van der Waals surface area contributed by atoms with Crippen molar-refractivity contribution >= 4 is 46.3 Å². The molecule has 4 rings (SSSR count). The lowest BCUT2D eigenvalue weighted by Gasteiger charge is -2.34. The summed E-state index contributed by atoms with van der Waals surface area (Å²) >= 11 is 0.748. The Morgan fingerprint density at radius 1 is 1.02 bits per heavy atom. The number of nitrogens with two attached hydrogens (primary N) is 2. The number of hydrogen-bond acceptors (Lipinski definition) is 9. The number of carbonyl (C=O) groups excluding carboxylic acids is 3. The number of benzene rings is 2. The Bertz CT molecular complexity index is 1400. The molecule has 11 nitrogen and oxygen atoms in total. The van der Waals surface area contributed by atoms with Crippen molar-refractivity contribution in [3.05, 3.63) is 58.6 Å². The molecule has 1 fully saturated rings. The average Bonchev–Trinajstić information content (AvgIpc) is 3.37. The molecule has 1 saturated carbocycles. The number of anilines is 3. The maximum atomic E-state index is 14.4. The fraction of sp³-hybridized carbons (Fsp3) is 0.379. The van der Waals surface area contributed by atoms with Gasteiger partial charge in [-0.3, -0.25) is 19.3 Å². The number of methoxy groups -OCH3 is 2. The van der Waals surface area contributed by atoms with Gasteiger partial charge in [-0.05, 0) is 54.2 Å². The third-order valence-electron chi connectivity index (χ3n) is 7.20. The van der Waals surface area contributed by atoms with Crippen LogP contribution in [0.2, 0.25) is 0 Å². The number of nitrogen functional groups attached to an aromatic ring is 1. The van der Waals surface area contributed by atoms with E-state index in [1.165, 1.54) is 19.1 Å². The first-order valence-electron chi connectivity index (χ1n) is 13.3. The van der Waals surface area contributed by atoms with E-state index in [-0.39, 0.29) is 33.9 Å². The van der Waals surface area contributed by atoms with Crippen LogP contribution in [-0.4, -0.2) is 56.5 Å². The molecule has 0 spiro atoms. The van der Waals surface area contributed by atoms with Crippen molar-refractivity contribution in [2.75, 3.05) is 43.8 Å². The monoisotopic (exact) mass is 580 g/mol. The molecule has 1 unspecified atom stereocenters. The van der Waals surface area contributed by atoms with Crippen LogP contribution in [0.15, 0.2) is 42.5 Å². The van der Waals surface area contributed by atoms with Crippen LogP contribution >= 0.6 is 11.5 Å². The van der Waals surface area contributed by atoms with E-state index in [0.29, 0.717) is 17.1 Å². The smallest absolute Gasteiger partial charge is 0.273 e. The third kappa shape index (κ3) is 6.37. The Labute approximate surface area is 243 Å². The van der Waals surface area contributed by atoms with Gasteiger partial charge in [0.15, 0.2) is 5.69 Å². The molecule has 41 heavy (non-hydrogen) atoms. The van der Waals surface area contributed by atoms with Crippen LogP contribution in [0.5, 0.6) is 11.5 Å². The van der Waals surface area contributed by atoms with Gasteiger partial charge in [0.1, 0.15) is 22.4 Å². The number of nitrogens with zero attached hydrogens (tertiary/aromatic N) is 3. The maximum absolute atomic E-state index is 14.4. The van der Waals surface area contributed by atoms with Crippen LogP contribution < -0.4 is 36.1 Å². The number of carbonyl (C=O) groups is 3. The van der Waals surface area contributed by atoms with E-state index in [1.54, 1.807) is 18.2 Å². The molecule has 218 valence electrons. The molecular weight excluding hydrogens is 544 g/mol. The summed E-state index contributed by atoms with van der Waals surface area (Å²) in [5.41, 5.74) is 13.1. The highest BCUT2D eigenvalue weighted by molar-refractivity contribution is 7.09. The molecular formula is C29H36N6O5S. The molecule has 2 aromatic carbocycles. The SMILES string of the molecule is COc1ccc(OC)c(N(C(=O)c2snc(C(N)=O)c2N)C(C(=O)NC2CCCCC2)c2ccc(N(C)C)cc2)c1. The van der Waals surface area contributed by atoms with E-state index < -0.39 is 17.9 Å². The molecule has 0 aliphatic heterocycles. The predicted octanol–water partition coefficient (Wildman–Crippen LogP) is 3.74. The van der Waals surface area contributed by atoms with Crippen molar-refractivity contribution in [1.29, 1.82) is 0 Å². The first-order valence-corrected chi connectivity index (χ1v) is 14.1. The minimum atomic E-state index is -1.12. The first kappa shape index (κ1) is 29.7. The van der Waals surface area contributed by atoms with Crippen LogP contribution in [0.25, 0.3) is 0 Å². The standard InChI is InChI=1S/C29H36N6O5S/c1-34(2)19-12-10-17(11-13-19)25(28(37)32-18-8-6-5-7-9-18)35(21-16-20(39-3)14-15-22(21)40-4)29(38)26-23(30)24(27(31)36)33-41-26/h10-16,18,25H,5-9,30H2,1-4H3,(H2,31,36)(H,32,37). The summed E-state index contributed by atoms with van der Waals surface area (Å²) in [6, 6.07) is 11.2. The van der Waals surface area contributed by atoms with Crippen LogP contribution in [0.3, 0.4) is 0 Å². The van der Waals surface area contributed by atoms with Gasteiger partial charge < -0.3 is 31.2 Å². The summed E-state index contributed by atoms with van der Waals surface area (Å²) in [5.74, 6) is -1.07. The van der Waals surface area contributed by atoms with Crippen molar-refractivity contribution in [2.24, 2.45) is 5.73 Å². The molecule has 3 aromatic rings. The summed E-state index contributed by atoms with van der Waals surface area (Å²) < 4.78 is 15.1. The lowest BCUT2D eigenvalue weighted by Crippen LogP contribution is -2.47. The molecule has 1 aliphatic rings. The van der Waals surface area contributed by atoms with E-state index >= 15 is 0 Å². The minimum Gasteiger partial charge on any atom is -0.497 e. The van der Waals surface area contributed by atoms with Gasteiger partial charge in [-0.1, -0.05) is 31.4 Å². The fourth-order valence-corrected chi connectivity index (χ4v) is 5.73. The molecule has 1 heterocycles. The zero-order chi connectivity index (χ0) is 29.7. The number of nitrogens with one attached hydrogen (secondary N) is 1. The van der Waals surface area contributed by atoms with Gasteiger partial charge in [-0.25, -0.2) is 0 Å². The fourth-order valence-electron chi connectivity index (χ4n) is 4.99. The topological polar surface area (TPSA) is 153 Å². The summed E-state index contributed by atoms with van der Waals surface area (Å²) in [4.78, 5) is 43.8. The number of primary amides is 1. The lowest BCUT2D eigenvalue weighted by molar-refractivity contribution is -0.123. The molecule has 12 heteroatoms. The van der Waals surface area contributed by atoms with Gasteiger partial charge in [0.25, 0.3) is 11.8 Å².